The monoisotopic (exact) mass is 359 g/mol. The molecule has 1 aromatic heterocycles. The molecule has 8 heteroatoms. The number of rotatable bonds is 5. The van der Waals surface area contributed by atoms with Gasteiger partial charge in [0.25, 0.3) is 10.0 Å². The SMILES string of the molecule is COc1ccc(-c2nnc(C)o2)cc1NS(=O)(=O)c1ccc(C)cc1. The number of nitrogens with zero attached hydrogens (tertiary/aromatic N) is 2. The first-order valence-electron chi connectivity index (χ1n) is 7.47. The van der Waals surface area contributed by atoms with Crippen LogP contribution in [0.25, 0.3) is 11.5 Å². The Morgan fingerprint density at radius 2 is 1.76 bits per heavy atom. The van der Waals surface area contributed by atoms with Gasteiger partial charge in [0.2, 0.25) is 11.8 Å². The molecule has 3 rings (SSSR count). The molecule has 1 N–H and O–H groups in total. The Labute approximate surface area is 145 Å². The predicted octanol–water partition coefficient (Wildman–Crippen LogP) is 3.16. The Bertz CT molecular complexity index is 995. The summed E-state index contributed by atoms with van der Waals surface area (Å²) in [5.74, 6) is 1.11. The Morgan fingerprint density at radius 3 is 2.36 bits per heavy atom. The lowest BCUT2D eigenvalue weighted by atomic mass is 10.2. The molecule has 1 heterocycles. The lowest BCUT2D eigenvalue weighted by Gasteiger charge is -2.13. The molecule has 0 amide bonds. The van der Waals surface area contributed by atoms with E-state index in [9.17, 15) is 8.42 Å². The van der Waals surface area contributed by atoms with Crippen LogP contribution in [0.4, 0.5) is 5.69 Å². The molecule has 2 aromatic carbocycles. The number of nitrogens with one attached hydrogen (secondary N) is 1. The number of hydrogen-bond acceptors (Lipinski definition) is 6. The number of aryl methyl sites for hydroxylation is 2. The van der Waals surface area contributed by atoms with Gasteiger partial charge >= 0.3 is 0 Å². The molecule has 0 spiro atoms. The highest BCUT2D eigenvalue weighted by atomic mass is 32.2. The van der Waals surface area contributed by atoms with Crippen LogP contribution in [-0.4, -0.2) is 25.7 Å². The van der Waals surface area contributed by atoms with Crippen molar-refractivity contribution in [1.82, 2.24) is 10.2 Å². The number of benzene rings is 2. The summed E-state index contributed by atoms with van der Waals surface area (Å²) in [6, 6.07) is 11.5. The molecule has 0 radical (unpaired) electrons. The third-order valence-corrected chi connectivity index (χ3v) is 4.93. The second kappa shape index (κ2) is 6.56. The van der Waals surface area contributed by atoms with Gasteiger partial charge in [0.15, 0.2) is 0 Å². The lowest BCUT2D eigenvalue weighted by Crippen LogP contribution is -2.13. The van der Waals surface area contributed by atoms with Gasteiger partial charge in [-0.1, -0.05) is 17.7 Å². The van der Waals surface area contributed by atoms with Gasteiger partial charge in [-0.2, -0.15) is 0 Å². The van der Waals surface area contributed by atoms with Crippen molar-refractivity contribution in [1.29, 1.82) is 0 Å². The van der Waals surface area contributed by atoms with Crippen LogP contribution in [0, 0.1) is 13.8 Å². The average molecular weight is 359 g/mol. The number of ether oxygens (including phenoxy) is 1. The molecule has 0 fully saturated rings. The normalized spacial score (nSPS) is 11.3. The first kappa shape index (κ1) is 17.0. The highest BCUT2D eigenvalue weighted by Gasteiger charge is 2.18. The van der Waals surface area contributed by atoms with E-state index in [1.807, 2.05) is 6.92 Å². The van der Waals surface area contributed by atoms with E-state index in [0.29, 0.717) is 23.1 Å². The van der Waals surface area contributed by atoms with Crippen LogP contribution in [0.1, 0.15) is 11.5 Å². The maximum atomic E-state index is 12.6. The van der Waals surface area contributed by atoms with Crippen molar-refractivity contribution in [2.75, 3.05) is 11.8 Å². The van der Waals surface area contributed by atoms with E-state index in [-0.39, 0.29) is 10.6 Å². The number of anilines is 1. The summed E-state index contributed by atoms with van der Waals surface area (Å²) in [4.78, 5) is 0.166. The molecule has 0 unspecified atom stereocenters. The van der Waals surface area contributed by atoms with Crippen molar-refractivity contribution in [3.8, 4) is 17.2 Å². The van der Waals surface area contributed by atoms with E-state index in [4.69, 9.17) is 9.15 Å². The van der Waals surface area contributed by atoms with E-state index < -0.39 is 10.0 Å². The van der Waals surface area contributed by atoms with Crippen LogP contribution in [0.2, 0.25) is 0 Å². The standard InChI is InChI=1S/C17H17N3O4S/c1-11-4-7-14(8-5-11)25(21,22)20-15-10-13(6-9-16(15)23-3)17-19-18-12(2)24-17/h4-10,20H,1-3H3. The van der Waals surface area contributed by atoms with E-state index >= 15 is 0 Å². The summed E-state index contributed by atoms with van der Waals surface area (Å²) >= 11 is 0. The predicted molar refractivity (Wildman–Crippen MR) is 93.0 cm³/mol. The minimum absolute atomic E-state index is 0.166. The van der Waals surface area contributed by atoms with Crippen LogP contribution >= 0.6 is 0 Å². The van der Waals surface area contributed by atoms with Gasteiger partial charge in [0, 0.05) is 12.5 Å². The van der Waals surface area contributed by atoms with Crippen molar-refractivity contribution >= 4 is 15.7 Å². The zero-order chi connectivity index (χ0) is 18.0. The maximum Gasteiger partial charge on any atom is 0.262 e. The summed E-state index contributed by atoms with van der Waals surface area (Å²) in [5, 5.41) is 7.72. The number of sulfonamides is 1. The average Bonchev–Trinajstić information content (AvgIpc) is 3.01. The maximum absolute atomic E-state index is 12.6. The minimum atomic E-state index is -3.75. The van der Waals surface area contributed by atoms with Crippen molar-refractivity contribution in [3.05, 3.63) is 53.9 Å². The van der Waals surface area contributed by atoms with Gasteiger partial charge in [-0.05, 0) is 37.3 Å². The molecule has 3 aromatic rings. The van der Waals surface area contributed by atoms with Crippen molar-refractivity contribution in [2.45, 2.75) is 18.7 Å². The van der Waals surface area contributed by atoms with Crippen LogP contribution in [0.3, 0.4) is 0 Å². The van der Waals surface area contributed by atoms with Gasteiger partial charge in [0.05, 0.1) is 17.7 Å². The Hall–Kier alpha value is -2.87. The Kier molecular flexibility index (Phi) is 4.45. The van der Waals surface area contributed by atoms with Crippen molar-refractivity contribution < 1.29 is 17.6 Å². The second-order valence-electron chi connectivity index (χ2n) is 5.46. The van der Waals surface area contributed by atoms with Gasteiger partial charge in [-0.3, -0.25) is 4.72 Å². The molecule has 0 saturated heterocycles. The summed E-state index contributed by atoms with van der Waals surface area (Å²) in [6.45, 7) is 3.57. The fourth-order valence-corrected chi connectivity index (χ4v) is 3.32. The molecular formula is C17H17N3O4S. The minimum Gasteiger partial charge on any atom is -0.495 e. The van der Waals surface area contributed by atoms with Gasteiger partial charge in [-0.25, -0.2) is 8.42 Å². The molecule has 0 saturated carbocycles. The first-order chi connectivity index (χ1) is 11.9. The Morgan fingerprint density at radius 1 is 1.04 bits per heavy atom. The van der Waals surface area contributed by atoms with Crippen LogP contribution in [-0.2, 0) is 10.0 Å². The first-order valence-corrected chi connectivity index (χ1v) is 8.95. The topological polar surface area (TPSA) is 94.3 Å². The van der Waals surface area contributed by atoms with E-state index in [1.54, 1.807) is 49.4 Å². The fraction of sp³-hybridized carbons (Fsp3) is 0.176. The van der Waals surface area contributed by atoms with Gasteiger partial charge in [-0.15, -0.1) is 10.2 Å². The highest BCUT2D eigenvalue weighted by Crippen LogP contribution is 2.31. The summed E-state index contributed by atoms with van der Waals surface area (Å²) < 4.78 is 38.4. The zero-order valence-corrected chi connectivity index (χ0v) is 14.8. The van der Waals surface area contributed by atoms with Crippen molar-refractivity contribution in [3.63, 3.8) is 0 Å². The zero-order valence-electron chi connectivity index (χ0n) is 14.0. The van der Waals surface area contributed by atoms with Crippen molar-refractivity contribution in [2.24, 2.45) is 0 Å². The Balaban J connectivity index is 1.99. The van der Waals surface area contributed by atoms with Crippen LogP contribution in [0.5, 0.6) is 5.75 Å². The third-order valence-electron chi connectivity index (χ3n) is 3.55. The van der Waals surface area contributed by atoms with Crippen LogP contribution in [0.15, 0.2) is 51.8 Å². The highest BCUT2D eigenvalue weighted by molar-refractivity contribution is 7.92. The fourth-order valence-electron chi connectivity index (χ4n) is 2.26. The molecule has 130 valence electrons. The number of methoxy groups -OCH3 is 1. The van der Waals surface area contributed by atoms with E-state index in [2.05, 4.69) is 14.9 Å². The molecule has 25 heavy (non-hydrogen) atoms. The molecule has 0 bridgehead atoms. The molecule has 0 aliphatic rings. The molecule has 0 aliphatic heterocycles. The molecule has 7 nitrogen and oxygen atoms in total. The lowest BCUT2D eigenvalue weighted by molar-refractivity contribution is 0.417. The van der Waals surface area contributed by atoms with E-state index in [0.717, 1.165) is 5.56 Å². The van der Waals surface area contributed by atoms with Crippen LogP contribution < -0.4 is 9.46 Å². The molecule has 0 aliphatic carbocycles. The van der Waals surface area contributed by atoms with E-state index in [1.165, 1.54) is 7.11 Å². The van der Waals surface area contributed by atoms with Gasteiger partial charge < -0.3 is 9.15 Å². The largest absolute Gasteiger partial charge is 0.495 e. The smallest absolute Gasteiger partial charge is 0.262 e. The second-order valence-corrected chi connectivity index (χ2v) is 7.14. The third kappa shape index (κ3) is 3.63. The summed E-state index contributed by atoms with van der Waals surface area (Å²) in [6.07, 6.45) is 0. The summed E-state index contributed by atoms with van der Waals surface area (Å²) in [7, 11) is -2.29. The number of aromatic nitrogens is 2. The summed E-state index contributed by atoms with van der Waals surface area (Å²) in [5.41, 5.74) is 1.85. The molecule has 0 atom stereocenters. The van der Waals surface area contributed by atoms with Gasteiger partial charge in [0.1, 0.15) is 5.75 Å². The quantitative estimate of drug-likeness (QED) is 0.752. The molecular weight excluding hydrogens is 342 g/mol. The number of hydrogen-bond donors (Lipinski definition) is 1.